The number of fused-ring (bicyclic) bond motifs is 2. The summed E-state index contributed by atoms with van der Waals surface area (Å²) in [5.41, 5.74) is 2.65. The summed E-state index contributed by atoms with van der Waals surface area (Å²) in [6.45, 7) is 1.46. The van der Waals surface area contributed by atoms with Crippen molar-refractivity contribution >= 4 is 5.69 Å². The molecule has 0 bridgehead atoms. The summed E-state index contributed by atoms with van der Waals surface area (Å²) in [6.07, 6.45) is 1.11. The zero-order chi connectivity index (χ0) is 8.84. The minimum absolute atomic E-state index is 0.363. The molecule has 0 saturated carbocycles. The Morgan fingerprint density at radius 1 is 1.23 bits per heavy atom. The summed E-state index contributed by atoms with van der Waals surface area (Å²) in [7, 11) is 2.11. The van der Waals surface area contributed by atoms with E-state index in [2.05, 4.69) is 24.1 Å². The Morgan fingerprint density at radius 2 is 2.00 bits per heavy atom. The number of hydrogen-bond acceptors (Lipinski definition) is 3. The first kappa shape index (κ1) is 7.06. The zero-order valence-corrected chi connectivity index (χ0v) is 7.54. The molecular formula is C10H11NO2. The van der Waals surface area contributed by atoms with Crippen LogP contribution in [0.25, 0.3) is 0 Å². The highest BCUT2D eigenvalue weighted by Gasteiger charge is 2.22. The average molecular weight is 177 g/mol. The molecule has 0 amide bonds. The van der Waals surface area contributed by atoms with Crippen molar-refractivity contribution in [3.8, 4) is 11.5 Å². The highest BCUT2D eigenvalue weighted by molar-refractivity contribution is 5.65. The van der Waals surface area contributed by atoms with Gasteiger partial charge in [0.05, 0.1) is 0 Å². The molecule has 2 aliphatic rings. The van der Waals surface area contributed by atoms with Gasteiger partial charge in [0.1, 0.15) is 0 Å². The van der Waals surface area contributed by atoms with Crippen LogP contribution in [0.1, 0.15) is 5.56 Å². The van der Waals surface area contributed by atoms with Crippen LogP contribution in [0.5, 0.6) is 11.5 Å². The van der Waals surface area contributed by atoms with E-state index >= 15 is 0 Å². The highest BCUT2D eigenvalue weighted by atomic mass is 16.7. The fraction of sp³-hybridized carbons (Fsp3) is 0.400. The van der Waals surface area contributed by atoms with E-state index in [-0.39, 0.29) is 0 Å². The first-order chi connectivity index (χ1) is 6.34. The predicted molar refractivity (Wildman–Crippen MR) is 49.5 cm³/mol. The standard InChI is InChI=1S/C10H11NO2/c1-11-3-2-7-4-9-10(5-8(7)11)13-6-12-9/h4-5H,2-3,6H2,1H3. The van der Waals surface area contributed by atoms with E-state index in [0.29, 0.717) is 6.79 Å². The second-order valence-electron chi connectivity index (χ2n) is 3.51. The van der Waals surface area contributed by atoms with Crippen LogP contribution in [0.2, 0.25) is 0 Å². The minimum Gasteiger partial charge on any atom is -0.454 e. The van der Waals surface area contributed by atoms with Crippen molar-refractivity contribution in [1.29, 1.82) is 0 Å². The van der Waals surface area contributed by atoms with Gasteiger partial charge < -0.3 is 14.4 Å². The Morgan fingerprint density at radius 3 is 2.85 bits per heavy atom. The number of nitrogens with zero attached hydrogens (tertiary/aromatic N) is 1. The fourth-order valence-electron chi connectivity index (χ4n) is 1.94. The first-order valence-corrected chi connectivity index (χ1v) is 4.48. The van der Waals surface area contributed by atoms with E-state index < -0.39 is 0 Å². The van der Waals surface area contributed by atoms with Gasteiger partial charge in [0, 0.05) is 25.3 Å². The maximum absolute atomic E-state index is 5.32. The monoisotopic (exact) mass is 177 g/mol. The number of hydrogen-bond donors (Lipinski definition) is 0. The number of benzene rings is 1. The van der Waals surface area contributed by atoms with Crippen molar-refractivity contribution in [2.24, 2.45) is 0 Å². The average Bonchev–Trinajstić information content (AvgIpc) is 2.70. The van der Waals surface area contributed by atoms with E-state index in [9.17, 15) is 0 Å². The Bertz CT molecular complexity index is 362. The molecule has 3 heteroatoms. The van der Waals surface area contributed by atoms with E-state index in [0.717, 1.165) is 24.5 Å². The van der Waals surface area contributed by atoms with Crippen molar-refractivity contribution < 1.29 is 9.47 Å². The molecule has 68 valence electrons. The Balaban J connectivity index is 2.16. The zero-order valence-electron chi connectivity index (χ0n) is 7.54. The van der Waals surface area contributed by atoms with Gasteiger partial charge in [-0.3, -0.25) is 0 Å². The van der Waals surface area contributed by atoms with Gasteiger partial charge in [0.2, 0.25) is 6.79 Å². The molecular weight excluding hydrogens is 166 g/mol. The molecule has 0 N–H and O–H groups in total. The molecule has 1 aromatic carbocycles. The van der Waals surface area contributed by atoms with E-state index in [1.807, 2.05) is 0 Å². The maximum Gasteiger partial charge on any atom is 0.231 e. The van der Waals surface area contributed by atoms with Crippen LogP contribution in [-0.2, 0) is 6.42 Å². The highest BCUT2D eigenvalue weighted by Crippen LogP contribution is 2.40. The van der Waals surface area contributed by atoms with Gasteiger partial charge >= 0.3 is 0 Å². The lowest BCUT2D eigenvalue weighted by Gasteiger charge is -2.11. The second-order valence-corrected chi connectivity index (χ2v) is 3.51. The van der Waals surface area contributed by atoms with Gasteiger partial charge in [-0.2, -0.15) is 0 Å². The van der Waals surface area contributed by atoms with Gasteiger partial charge in [-0.1, -0.05) is 0 Å². The minimum atomic E-state index is 0.363. The summed E-state index contributed by atoms with van der Waals surface area (Å²) in [5.74, 6) is 1.78. The van der Waals surface area contributed by atoms with Crippen molar-refractivity contribution in [1.82, 2.24) is 0 Å². The third-order valence-electron chi connectivity index (χ3n) is 2.70. The van der Waals surface area contributed by atoms with Gasteiger partial charge in [-0.05, 0) is 18.1 Å². The molecule has 0 unspecified atom stereocenters. The van der Waals surface area contributed by atoms with Gasteiger partial charge in [0.15, 0.2) is 11.5 Å². The van der Waals surface area contributed by atoms with Crippen LogP contribution in [0.15, 0.2) is 12.1 Å². The molecule has 2 aliphatic heterocycles. The molecule has 0 atom stereocenters. The van der Waals surface area contributed by atoms with Crippen LogP contribution in [0.4, 0.5) is 5.69 Å². The lowest BCUT2D eigenvalue weighted by atomic mass is 10.1. The van der Waals surface area contributed by atoms with E-state index in [1.165, 1.54) is 11.3 Å². The van der Waals surface area contributed by atoms with E-state index in [1.54, 1.807) is 0 Å². The molecule has 0 saturated heterocycles. The lowest BCUT2D eigenvalue weighted by Crippen LogP contribution is -2.12. The third-order valence-corrected chi connectivity index (χ3v) is 2.70. The summed E-state index contributed by atoms with van der Waals surface area (Å²) in [6, 6.07) is 4.17. The van der Waals surface area contributed by atoms with Crippen LogP contribution >= 0.6 is 0 Å². The molecule has 0 fully saturated rings. The maximum atomic E-state index is 5.32. The number of likely N-dealkylation sites (N-methyl/N-ethyl adjacent to an activating group) is 1. The predicted octanol–water partition coefficient (Wildman–Crippen LogP) is 1.41. The second kappa shape index (κ2) is 2.31. The molecule has 1 aromatic rings. The molecule has 13 heavy (non-hydrogen) atoms. The molecule has 0 aliphatic carbocycles. The van der Waals surface area contributed by atoms with Crippen molar-refractivity contribution in [3.05, 3.63) is 17.7 Å². The van der Waals surface area contributed by atoms with Gasteiger partial charge in [-0.15, -0.1) is 0 Å². The smallest absolute Gasteiger partial charge is 0.231 e. The third kappa shape index (κ3) is 0.899. The molecule has 3 nitrogen and oxygen atoms in total. The topological polar surface area (TPSA) is 21.7 Å². The molecule has 3 rings (SSSR count). The summed E-state index contributed by atoms with van der Waals surface area (Å²) >= 11 is 0. The Kier molecular flexibility index (Phi) is 1.26. The van der Waals surface area contributed by atoms with Crippen LogP contribution in [0, 0.1) is 0 Å². The normalized spacial score (nSPS) is 17.8. The van der Waals surface area contributed by atoms with Crippen molar-refractivity contribution in [2.75, 3.05) is 25.3 Å². The summed E-state index contributed by atoms with van der Waals surface area (Å²) < 4.78 is 10.6. The largest absolute Gasteiger partial charge is 0.454 e. The van der Waals surface area contributed by atoms with Crippen LogP contribution < -0.4 is 14.4 Å². The van der Waals surface area contributed by atoms with Gasteiger partial charge in [-0.25, -0.2) is 0 Å². The Labute approximate surface area is 76.9 Å². The van der Waals surface area contributed by atoms with Crippen LogP contribution in [0.3, 0.4) is 0 Å². The fourth-order valence-corrected chi connectivity index (χ4v) is 1.94. The van der Waals surface area contributed by atoms with Crippen molar-refractivity contribution in [2.45, 2.75) is 6.42 Å². The number of rotatable bonds is 0. The molecule has 0 radical (unpaired) electrons. The van der Waals surface area contributed by atoms with Crippen molar-refractivity contribution in [3.63, 3.8) is 0 Å². The quantitative estimate of drug-likeness (QED) is 0.598. The lowest BCUT2D eigenvalue weighted by molar-refractivity contribution is 0.174. The summed E-state index contributed by atoms with van der Waals surface area (Å²) in [5, 5.41) is 0. The Hall–Kier alpha value is -1.38. The first-order valence-electron chi connectivity index (χ1n) is 4.48. The molecule has 0 spiro atoms. The number of anilines is 1. The van der Waals surface area contributed by atoms with Crippen LogP contribution in [-0.4, -0.2) is 20.4 Å². The summed E-state index contributed by atoms with van der Waals surface area (Å²) in [4.78, 5) is 2.25. The van der Waals surface area contributed by atoms with Gasteiger partial charge in [0.25, 0.3) is 0 Å². The molecule has 2 heterocycles. The SMILES string of the molecule is CN1CCc2cc3c(cc21)OCO3. The van der Waals surface area contributed by atoms with E-state index in [4.69, 9.17) is 9.47 Å². The molecule has 0 aromatic heterocycles. The number of ether oxygens (including phenoxy) is 2.